The topological polar surface area (TPSA) is 63.6 Å². The summed E-state index contributed by atoms with van der Waals surface area (Å²) in [6, 6.07) is 0. The van der Waals surface area contributed by atoms with E-state index in [1.807, 2.05) is 0 Å². The maximum Gasteiger partial charge on any atom is 0.306 e. The summed E-state index contributed by atoms with van der Waals surface area (Å²) in [5, 5.41) is 11.3. The van der Waals surface area contributed by atoms with Gasteiger partial charge < -0.3 is 9.84 Å². The third kappa shape index (κ3) is 1.89. The van der Waals surface area contributed by atoms with Gasteiger partial charge >= 0.3 is 5.97 Å². The van der Waals surface area contributed by atoms with Crippen LogP contribution >= 0.6 is 0 Å². The second kappa shape index (κ2) is 5.09. The van der Waals surface area contributed by atoms with E-state index in [4.69, 9.17) is 4.74 Å². The number of hydrogen-bond acceptors (Lipinski definition) is 4. The Hall–Kier alpha value is -1.42. The number of carbonyl (C=O) groups excluding carboxylic acids is 2. The third-order valence-corrected chi connectivity index (χ3v) is 8.79. The van der Waals surface area contributed by atoms with E-state index in [1.165, 1.54) is 0 Å². The minimum atomic E-state index is -0.429. The van der Waals surface area contributed by atoms with E-state index in [1.54, 1.807) is 6.08 Å². The summed E-state index contributed by atoms with van der Waals surface area (Å²) in [5.41, 5.74) is 0.425. The molecule has 1 N–H and O–H groups in total. The van der Waals surface area contributed by atoms with Gasteiger partial charge in [0.15, 0.2) is 5.78 Å². The number of aliphatic hydroxyl groups excluding tert-OH is 1. The lowest BCUT2D eigenvalue weighted by atomic mass is 9.47. The summed E-state index contributed by atoms with van der Waals surface area (Å²) < 4.78 is 5.93. The largest absolute Gasteiger partial charge is 0.458 e. The van der Waals surface area contributed by atoms with Gasteiger partial charge in [-0.25, -0.2) is 0 Å². The van der Waals surface area contributed by atoms with Crippen molar-refractivity contribution in [2.45, 2.75) is 70.5 Å². The number of allylic oxidation sites excluding steroid dienone is 4. The SMILES string of the molecule is C[C@]12CCC(=O)C=C1C=CC1C2[C@H](O)C[C@@]2(C)C1CC[C@@]21CCC(=O)O1. The molecular formula is C22H28O4. The number of ether oxygens (including phenoxy) is 1. The first kappa shape index (κ1) is 16.7. The van der Waals surface area contributed by atoms with Crippen molar-refractivity contribution in [3.63, 3.8) is 0 Å². The van der Waals surface area contributed by atoms with E-state index in [-0.39, 0.29) is 40.0 Å². The smallest absolute Gasteiger partial charge is 0.306 e. The number of fused-ring (bicyclic) bond motifs is 6. The highest BCUT2D eigenvalue weighted by Gasteiger charge is 2.68. The lowest BCUT2D eigenvalue weighted by Crippen LogP contribution is -2.58. The molecule has 0 amide bonds. The lowest BCUT2D eigenvalue weighted by Gasteiger charge is -2.58. The van der Waals surface area contributed by atoms with E-state index < -0.39 is 6.10 Å². The molecule has 0 radical (unpaired) electrons. The van der Waals surface area contributed by atoms with Gasteiger partial charge in [-0.2, -0.15) is 0 Å². The molecule has 3 unspecified atom stereocenters. The van der Waals surface area contributed by atoms with Crippen LogP contribution in [0.15, 0.2) is 23.8 Å². The molecule has 4 aliphatic carbocycles. The summed E-state index contributed by atoms with van der Waals surface area (Å²) in [7, 11) is 0. The van der Waals surface area contributed by atoms with Gasteiger partial charge in [0.05, 0.1) is 6.10 Å². The van der Waals surface area contributed by atoms with Crippen molar-refractivity contribution in [2.75, 3.05) is 0 Å². The van der Waals surface area contributed by atoms with Gasteiger partial charge in [-0.1, -0.05) is 26.0 Å². The molecule has 0 aromatic rings. The predicted octanol–water partition coefficient (Wildman–Crippen LogP) is 3.34. The van der Waals surface area contributed by atoms with Crippen molar-refractivity contribution in [2.24, 2.45) is 28.6 Å². The highest BCUT2D eigenvalue weighted by Crippen LogP contribution is 2.68. The minimum absolute atomic E-state index is 0.0781. The third-order valence-electron chi connectivity index (χ3n) is 8.79. The van der Waals surface area contributed by atoms with Crippen LogP contribution in [0.25, 0.3) is 0 Å². The first-order chi connectivity index (χ1) is 12.3. The van der Waals surface area contributed by atoms with Crippen molar-refractivity contribution in [1.82, 2.24) is 0 Å². The van der Waals surface area contributed by atoms with E-state index in [0.717, 1.165) is 31.3 Å². The number of carbonyl (C=O) groups is 2. The van der Waals surface area contributed by atoms with E-state index >= 15 is 0 Å². The molecule has 7 atom stereocenters. The summed E-state index contributed by atoms with van der Waals surface area (Å²) in [6.45, 7) is 4.48. The van der Waals surface area contributed by atoms with Crippen molar-refractivity contribution < 1.29 is 19.4 Å². The van der Waals surface area contributed by atoms with Crippen LogP contribution in [-0.2, 0) is 14.3 Å². The number of rotatable bonds is 0. The molecule has 0 aromatic carbocycles. The Kier molecular flexibility index (Phi) is 3.28. The quantitative estimate of drug-likeness (QED) is 0.676. The van der Waals surface area contributed by atoms with Gasteiger partial charge in [-0.3, -0.25) is 9.59 Å². The van der Waals surface area contributed by atoms with Crippen LogP contribution in [0.3, 0.4) is 0 Å². The molecule has 0 bridgehead atoms. The summed E-state index contributed by atoms with van der Waals surface area (Å²) in [4.78, 5) is 23.8. The molecule has 1 aliphatic heterocycles. The monoisotopic (exact) mass is 356 g/mol. The number of aliphatic hydroxyl groups is 1. The fraction of sp³-hybridized carbons (Fsp3) is 0.727. The second-order valence-electron chi connectivity index (χ2n) is 9.75. The molecule has 1 spiro atoms. The van der Waals surface area contributed by atoms with Gasteiger partial charge in [0.1, 0.15) is 5.60 Å². The summed E-state index contributed by atoms with van der Waals surface area (Å²) in [6.07, 6.45) is 11.1. The van der Waals surface area contributed by atoms with Gasteiger partial charge in [-0.15, -0.1) is 0 Å². The first-order valence-electron chi connectivity index (χ1n) is 10.1. The first-order valence-corrected chi connectivity index (χ1v) is 10.1. The number of esters is 1. The standard InChI is InChI=1S/C22H28O4/c1-20-8-5-14(23)11-13(20)3-4-15-16-6-9-22(10-7-18(25)26-22)21(16,2)12-17(24)19(15)20/h3-4,11,15-17,19,24H,5-10,12H2,1-2H3/t15?,16?,17-,19?,20+,21+,22-/m1/s1. The average Bonchev–Trinajstić information content (AvgIpc) is 3.09. The highest BCUT2D eigenvalue weighted by atomic mass is 16.6. The van der Waals surface area contributed by atoms with E-state index in [9.17, 15) is 14.7 Å². The molecule has 4 heteroatoms. The Morgan fingerprint density at radius 2 is 1.96 bits per heavy atom. The van der Waals surface area contributed by atoms with Gasteiger partial charge in [0.25, 0.3) is 0 Å². The zero-order valence-electron chi connectivity index (χ0n) is 15.7. The molecule has 3 fully saturated rings. The maximum absolute atomic E-state index is 11.9. The molecule has 0 aromatic heterocycles. The van der Waals surface area contributed by atoms with Crippen LogP contribution in [0.4, 0.5) is 0 Å². The minimum Gasteiger partial charge on any atom is -0.458 e. The zero-order chi connectivity index (χ0) is 18.3. The van der Waals surface area contributed by atoms with Gasteiger partial charge in [0.2, 0.25) is 0 Å². The van der Waals surface area contributed by atoms with Crippen LogP contribution in [0.5, 0.6) is 0 Å². The van der Waals surface area contributed by atoms with Crippen LogP contribution in [0.1, 0.15) is 58.8 Å². The Morgan fingerprint density at radius 1 is 1.15 bits per heavy atom. The maximum atomic E-state index is 11.9. The second-order valence-corrected chi connectivity index (χ2v) is 9.75. The fourth-order valence-electron chi connectivity index (χ4n) is 7.41. The van der Waals surface area contributed by atoms with Crippen LogP contribution in [0.2, 0.25) is 0 Å². The van der Waals surface area contributed by atoms with E-state index in [0.29, 0.717) is 25.2 Å². The highest BCUT2D eigenvalue weighted by molar-refractivity contribution is 5.92. The van der Waals surface area contributed by atoms with Crippen LogP contribution in [0, 0.1) is 28.6 Å². The molecule has 140 valence electrons. The van der Waals surface area contributed by atoms with E-state index in [2.05, 4.69) is 26.0 Å². The molecule has 2 saturated carbocycles. The Bertz CT molecular complexity index is 751. The predicted molar refractivity (Wildman–Crippen MR) is 96.1 cm³/mol. The molecule has 5 rings (SSSR count). The zero-order valence-corrected chi connectivity index (χ0v) is 15.7. The molecule has 4 nitrogen and oxygen atoms in total. The lowest BCUT2D eigenvalue weighted by molar-refractivity contribution is -0.177. The van der Waals surface area contributed by atoms with Crippen LogP contribution in [-0.4, -0.2) is 28.6 Å². The van der Waals surface area contributed by atoms with Crippen molar-refractivity contribution in [3.05, 3.63) is 23.8 Å². The molecule has 1 saturated heterocycles. The molecule has 26 heavy (non-hydrogen) atoms. The number of ketones is 1. The Morgan fingerprint density at radius 3 is 2.69 bits per heavy atom. The van der Waals surface area contributed by atoms with Crippen molar-refractivity contribution >= 4 is 11.8 Å². The molecule has 1 heterocycles. The van der Waals surface area contributed by atoms with Gasteiger partial charge in [0, 0.05) is 24.2 Å². The van der Waals surface area contributed by atoms with Gasteiger partial charge in [-0.05, 0) is 61.0 Å². The summed E-state index contributed by atoms with van der Waals surface area (Å²) >= 11 is 0. The average molecular weight is 356 g/mol. The molecular weight excluding hydrogens is 328 g/mol. The van der Waals surface area contributed by atoms with Crippen LogP contribution < -0.4 is 0 Å². The Balaban J connectivity index is 1.58. The Labute approximate surface area is 154 Å². The summed E-state index contributed by atoms with van der Waals surface area (Å²) in [5.74, 6) is 0.989. The van der Waals surface area contributed by atoms with Crippen molar-refractivity contribution in [3.8, 4) is 0 Å². The normalized spacial score (nSPS) is 52.3. The van der Waals surface area contributed by atoms with Crippen molar-refractivity contribution in [1.29, 1.82) is 0 Å². The fourth-order valence-corrected chi connectivity index (χ4v) is 7.41. The molecule has 5 aliphatic rings. The number of hydrogen-bond donors (Lipinski definition) is 1.